The molecule has 2 aromatic heterocycles. The average Bonchev–Trinajstić information content (AvgIpc) is 3.26. The number of hydrogen-bond donors (Lipinski definition) is 0. The number of pyridine rings is 1. The highest BCUT2D eigenvalue weighted by molar-refractivity contribution is 5.86. The average molecular weight is 410 g/mol. The SMILES string of the molecule is Cc1noc2nc([C@H]3CCCN(C(=O)CN4CCCC4=O)C3)cc(C(F)(F)F)c12. The number of piperidine rings is 1. The van der Waals surface area contributed by atoms with E-state index in [1.807, 2.05) is 0 Å². The van der Waals surface area contributed by atoms with Crippen LogP contribution in [0.25, 0.3) is 11.1 Å². The molecule has 0 bridgehead atoms. The maximum atomic E-state index is 13.6. The monoisotopic (exact) mass is 410 g/mol. The van der Waals surface area contributed by atoms with E-state index in [2.05, 4.69) is 10.1 Å². The van der Waals surface area contributed by atoms with E-state index in [0.717, 1.165) is 12.5 Å². The molecule has 2 saturated heterocycles. The summed E-state index contributed by atoms with van der Waals surface area (Å²) in [6, 6.07) is 1.05. The van der Waals surface area contributed by atoms with Gasteiger partial charge in [-0.3, -0.25) is 9.59 Å². The molecule has 4 rings (SSSR count). The van der Waals surface area contributed by atoms with Crippen molar-refractivity contribution in [1.82, 2.24) is 19.9 Å². The number of nitrogens with zero attached hydrogens (tertiary/aromatic N) is 4. The van der Waals surface area contributed by atoms with Crippen LogP contribution in [-0.2, 0) is 15.8 Å². The van der Waals surface area contributed by atoms with Gasteiger partial charge in [-0.05, 0) is 32.3 Å². The van der Waals surface area contributed by atoms with E-state index in [1.54, 1.807) is 4.90 Å². The molecule has 0 unspecified atom stereocenters. The molecule has 0 saturated carbocycles. The number of amides is 2. The summed E-state index contributed by atoms with van der Waals surface area (Å²) in [7, 11) is 0. The summed E-state index contributed by atoms with van der Waals surface area (Å²) < 4.78 is 45.8. The van der Waals surface area contributed by atoms with Crippen molar-refractivity contribution in [3.05, 3.63) is 23.0 Å². The molecule has 0 spiro atoms. The third kappa shape index (κ3) is 3.79. The predicted octanol–water partition coefficient (Wildman–Crippen LogP) is 2.88. The van der Waals surface area contributed by atoms with Crippen molar-refractivity contribution >= 4 is 22.9 Å². The number of carbonyl (C=O) groups excluding carboxylic acids is 2. The fourth-order valence-electron chi connectivity index (χ4n) is 4.13. The highest BCUT2D eigenvalue weighted by Crippen LogP contribution is 2.38. The number of aromatic nitrogens is 2. The fourth-order valence-corrected chi connectivity index (χ4v) is 4.13. The highest BCUT2D eigenvalue weighted by atomic mass is 19.4. The van der Waals surface area contributed by atoms with E-state index in [9.17, 15) is 22.8 Å². The number of alkyl halides is 3. The third-order valence-corrected chi connectivity index (χ3v) is 5.63. The van der Waals surface area contributed by atoms with E-state index >= 15 is 0 Å². The zero-order valence-corrected chi connectivity index (χ0v) is 16.0. The maximum absolute atomic E-state index is 13.6. The van der Waals surface area contributed by atoms with Crippen molar-refractivity contribution in [2.24, 2.45) is 0 Å². The van der Waals surface area contributed by atoms with Crippen molar-refractivity contribution in [2.45, 2.75) is 44.7 Å². The molecule has 10 heteroatoms. The summed E-state index contributed by atoms with van der Waals surface area (Å²) in [6.45, 7) is 2.83. The number of hydrogen-bond acceptors (Lipinski definition) is 5. The Hall–Kier alpha value is -2.65. The van der Waals surface area contributed by atoms with Crippen molar-refractivity contribution < 1.29 is 27.3 Å². The van der Waals surface area contributed by atoms with Gasteiger partial charge in [-0.25, -0.2) is 4.98 Å². The van der Waals surface area contributed by atoms with Crippen LogP contribution in [0.15, 0.2) is 10.6 Å². The molecule has 0 radical (unpaired) electrons. The second-order valence-corrected chi connectivity index (χ2v) is 7.64. The van der Waals surface area contributed by atoms with Crippen LogP contribution in [-0.4, -0.2) is 57.9 Å². The molecule has 2 aliphatic heterocycles. The Morgan fingerprint density at radius 3 is 2.79 bits per heavy atom. The Morgan fingerprint density at radius 1 is 1.31 bits per heavy atom. The van der Waals surface area contributed by atoms with Gasteiger partial charge in [-0.1, -0.05) is 5.16 Å². The second-order valence-electron chi connectivity index (χ2n) is 7.64. The summed E-state index contributed by atoms with van der Waals surface area (Å²) in [5.41, 5.74) is -0.571. The Balaban J connectivity index is 1.57. The van der Waals surface area contributed by atoms with Crippen molar-refractivity contribution in [3.63, 3.8) is 0 Å². The summed E-state index contributed by atoms with van der Waals surface area (Å²) in [5.74, 6) is -0.551. The molecule has 156 valence electrons. The Labute approximate surface area is 164 Å². The van der Waals surface area contributed by atoms with Gasteiger partial charge in [-0.15, -0.1) is 0 Å². The van der Waals surface area contributed by atoms with E-state index < -0.39 is 11.7 Å². The van der Waals surface area contributed by atoms with Crippen molar-refractivity contribution in [3.8, 4) is 0 Å². The Kier molecular flexibility index (Phi) is 4.95. The van der Waals surface area contributed by atoms with Crippen LogP contribution < -0.4 is 0 Å². The van der Waals surface area contributed by atoms with Gasteiger partial charge < -0.3 is 14.3 Å². The number of rotatable bonds is 3. The van der Waals surface area contributed by atoms with Gasteiger partial charge in [0, 0.05) is 32.0 Å². The number of fused-ring (bicyclic) bond motifs is 1. The van der Waals surface area contributed by atoms with Crippen LogP contribution in [0.4, 0.5) is 13.2 Å². The lowest BCUT2D eigenvalue weighted by Gasteiger charge is -2.33. The first-order chi connectivity index (χ1) is 13.7. The molecule has 0 aromatic carbocycles. The predicted molar refractivity (Wildman–Crippen MR) is 95.9 cm³/mol. The topological polar surface area (TPSA) is 79.5 Å². The minimum absolute atomic E-state index is 0.0209. The minimum atomic E-state index is -4.56. The maximum Gasteiger partial charge on any atom is 0.417 e. The molecule has 29 heavy (non-hydrogen) atoms. The number of likely N-dealkylation sites (tertiary alicyclic amines) is 2. The van der Waals surface area contributed by atoms with E-state index in [4.69, 9.17) is 4.52 Å². The molecule has 2 fully saturated rings. The van der Waals surface area contributed by atoms with E-state index in [0.29, 0.717) is 32.4 Å². The first-order valence-electron chi connectivity index (χ1n) is 9.63. The molecule has 0 aliphatic carbocycles. The van der Waals surface area contributed by atoms with E-state index in [1.165, 1.54) is 11.8 Å². The van der Waals surface area contributed by atoms with Crippen molar-refractivity contribution in [2.75, 3.05) is 26.2 Å². The molecule has 4 heterocycles. The standard InChI is InChI=1S/C19H21F3N4O3/c1-11-17-13(19(20,21)22)8-14(23-18(17)29-24-11)12-4-2-6-25(9-12)16(28)10-26-7-3-5-15(26)27/h8,12H,2-7,9-10H2,1H3/t12-/m0/s1. The summed E-state index contributed by atoms with van der Waals surface area (Å²) >= 11 is 0. The molecular weight excluding hydrogens is 389 g/mol. The van der Waals surface area contributed by atoms with Crippen molar-refractivity contribution in [1.29, 1.82) is 0 Å². The molecule has 2 aliphatic rings. The molecule has 7 nitrogen and oxygen atoms in total. The number of aryl methyl sites for hydroxylation is 1. The Morgan fingerprint density at radius 2 is 2.10 bits per heavy atom. The van der Waals surface area contributed by atoms with Crippen LogP contribution in [0.5, 0.6) is 0 Å². The van der Waals surface area contributed by atoms with Gasteiger partial charge in [0.25, 0.3) is 5.71 Å². The van der Waals surface area contributed by atoms with Gasteiger partial charge in [0.15, 0.2) is 0 Å². The van der Waals surface area contributed by atoms with Gasteiger partial charge in [0.2, 0.25) is 11.8 Å². The van der Waals surface area contributed by atoms with Crippen LogP contribution in [0.3, 0.4) is 0 Å². The number of carbonyl (C=O) groups is 2. The highest BCUT2D eigenvalue weighted by Gasteiger charge is 2.37. The quantitative estimate of drug-likeness (QED) is 0.778. The molecule has 0 N–H and O–H groups in total. The third-order valence-electron chi connectivity index (χ3n) is 5.63. The van der Waals surface area contributed by atoms with Crippen LogP contribution in [0.1, 0.15) is 48.6 Å². The molecule has 2 aromatic rings. The smallest absolute Gasteiger partial charge is 0.340 e. The van der Waals surface area contributed by atoms with Gasteiger partial charge >= 0.3 is 6.18 Å². The lowest BCUT2D eigenvalue weighted by Crippen LogP contribution is -2.45. The van der Waals surface area contributed by atoms with Crippen LogP contribution in [0.2, 0.25) is 0 Å². The molecule has 1 atom stereocenters. The first kappa shape index (κ1) is 19.7. The molecular formula is C19H21F3N4O3. The first-order valence-corrected chi connectivity index (χ1v) is 9.63. The second kappa shape index (κ2) is 7.31. The lowest BCUT2D eigenvalue weighted by atomic mass is 9.92. The summed E-state index contributed by atoms with van der Waals surface area (Å²) in [4.78, 5) is 31.8. The van der Waals surface area contributed by atoms with Gasteiger partial charge in [0.05, 0.1) is 28.9 Å². The van der Waals surface area contributed by atoms with E-state index in [-0.39, 0.29) is 53.3 Å². The zero-order chi connectivity index (χ0) is 20.8. The van der Waals surface area contributed by atoms with Crippen LogP contribution in [0, 0.1) is 6.92 Å². The Bertz CT molecular complexity index is 956. The largest absolute Gasteiger partial charge is 0.417 e. The normalized spacial score (nSPS) is 20.7. The number of halogens is 3. The molecule has 2 amide bonds. The lowest BCUT2D eigenvalue weighted by molar-refractivity contribution is -0.139. The fraction of sp³-hybridized carbons (Fsp3) is 0.579. The van der Waals surface area contributed by atoms with Crippen LogP contribution >= 0.6 is 0 Å². The summed E-state index contributed by atoms with van der Waals surface area (Å²) in [6.07, 6.45) is -2.09. The minimum Gasteiger partial charge on any atom is -0.340 e. The van der Waals surface area contributed by atoms with Gasteiger partial charge in [-0.2, -0.15) is 13.2 Å². The summed E-state index contributed by atoms with van der Waals surface area (Å²) in [5, 5.41) is 3.50. The zero-order valence-electron chi connectivity index (χ0n) is 16.0. The van der Waals surface area contributed by atoms with Gasteiger partial charge in [0.1, 0.15) is 0 Å².